The summed E-state index contributed by atoms with van der Waals surface area (Å²) in [7, 11) is 0. The summed E-state index contributed by atoms with van der Waals surface area (Å²) in [6.45, 7) is 2.52. The Kier molecular flexibility index (Phi) is 6.48. The van der Waals surface area contributed by atoms with Gasteiger partial charge < -0.3 is 10.5 Å². The Morgan fingerprint density at radius 2 is 1.52 bits per heavy atom. The number of unbranched alkanes of at least 4 members (excludes halogenated alkanes) is 1. The largest absolute Gasteiger partial charge is 0.483 e. The number of hydrogen-bond donors (Lipinski definition) is 1. The SMILES string of the molecule is CCCCC(CCN)(Oc1ccc(C(F)(F)F)cc1)c1ccccc1. The fourth-order valence-corrected chi connectivity index (χ4v) is 2.95. The van der Waals surface area contributed by atoms with E-state index in [1.807, 2.05) is 30.3 Å². The third-order valence-corrected chi connectivity index (χ3v) is 4.28. The van der Waals surface area contributed by atoms with Crippen LogP contribution in [0.3, 0.4) is 0 Å². The van der Waals surface area contributed by atoms with E-state index in [2.05, 4.69) is 6.92 Å². The molecule has 0 heterocycles. The van der Waals surface area contributed by atoms with Gasteiger partial charge in [-0.3, -0.25) is 0 Å². The van der Waals surface area contributed by atoms with Gasteiger partial charge in [0, 0.05) is 6.42 Å². The molecule has 136 valence electrons. The highest BCUT2D eigenvalue weighted by atomic mass is 19.4. The molecule has 2 nitrogen and oxygen atoms in total. The van der Waals surface area contributed by atoms with Gasteiger partial charge in [0.25, 0.3) is 0 Å². The van der Waals surface area contributed by atoms with Crippen molar-refractivity contribution >= 4 is 0 Å². The second kappa shape index (κ2) is 8.39. The molecule has 2 aromatic rings. The molecule has 0 spiro atoms. The fourth-order valence-electron chi connectivity index (χ4n) is 2.95. The molecule has 2 rings (SSSR count). The lowest BCUT2D eigenvalue weighted by molar-refractivity contribution is -0.137. The van der Waals surface area contributed by atoms with Crippen molar-refractivity contribution in [2.75, 3.05) is 6.54 Å². The summed E-state index contributed by atoms with van der Waals surface area (Å²) in [5.74, 6) is 0.418. The molecule has 0 bridgehead atoms. The van der Waals surface area contributed by atoms with E-state index < -0.39 is 17.3 Å². The van der Waals surface area contributed by atoms with E-state index in [1.165, 1.54) is 12.1 Å². The summed E-state index contributed by atoms with van der Waals surface area (Å²) in [6.07, 6.45) is -1.07. The number of nitrogens with two attached hydrogens (primary N) is 1. The summed E-state index contributed by atoms with van der Waals surface area (Å²) in [4.78, 5) is 0. The van der Waals surface area contributed by atoms with E-state index in [-0.39, 0.29) is 0 Å². The van der Waals surface area contributed by atoms with Gasteiger partial charge in [0.05, 0.1) is 5.56 Å². The summed E-state index contributed by atoms with van der Waals surface area (Å²) in [5.41, 5.74) is 5.51. The zero-order valence-electron chi connectivity index (χ0n) is 14.4. The standard InChI is InChI=1S/C20H24F3NO/c1-2-3-13-19(14-15-24,16-7-5-4-6-8-16)25-18-11-9-17(10-12-18)20(21,22)23/h4-12H,2-3,13-15,24H2,1H3. The van der Waals surface area contributed by atoms with Crippen LogP contribution in [0.1, 0.15) is 43.7 Å². The second-order valence-corrected chi connectivity index (χ2v) is 6.13. The average Bonchev–Trinajstić information content (AvgIpc) is 2.60. The number of alkyl halides is 3. The molecule has 1 unspecified atom stereocenters. The second-order valence-electron chi connectivity index (χ2n) is 6.13. The Labute approximate surface area is 146 Å². The van der Waals surface area contributed by atoms with Crippen molar-refractivity contribution in [1.29, 1.82) is 0 Å². The first-order chi connectivity index (χ1) is 11.9. The molecule has 0 saturated carbocycles. The van der Waals surface area contributed by atoms with Crippen molar-refractivity contribution in [2.24, 2.45) is 5.73 Å². The third kappa shape index (κ3) is 4.98. The van der Waals surface area contributed by atoms with Crippen LogP contribution in [0, 0.1) is 0 Å². The van der Waals surface area contributed by atoms with Crippen LogP contribution in [-0.2, 0) is 11.8 Å². The zero-order valence-corrected chi connectivity index (χ0v) is 14.4. The molecular weight excluding hydrogens is 327 g/mol. The third-order valence-electron chi connectivity index (χ3n) is 4.28. The maximum atomic E-state index is 12.8. The summed E-state index contributed by atoms with van der Waals surface area (Å²) in [6, 6.07) is 14.6. The number of halogens is 3. The Morgan fingerprint density at radius 1 is 0.880 bits per heavy atom. The van der Waals surface area contributed by atoms with Crippen molar-refractivity contribution < 1.29 is 17.9 Å². The van der Waals surface area contributed by atoms with Gasteiger partial charge >= 0.3 is 6.18 Å². The highest BCUT2D eigenvalue weighted by molar-refractivity contribution is 5.32. The van der Waals surface area contributed by atoms with Gasteiger partial charge in [0.1, 0.15) is 11.4 Å². The van der Waals surface area contributed by atoms with Gasteiger partial charge in [-0.05, 0) is 49.2 Å². The lowest BCUT2D eigenvalue weighted by atomic mass is 9.85. The summed E-state index contributed by atoms with van der Waals surface area (Å²) >= 11 is 0. The van der Waals surface area contributed by atoms with Crippen LogP contribution in [0.5, 0.6) is 5.75 Å². The predicted molar refractivity (Wildman–Crippen MR) is 93.4 cm³/mol. The monoisotopic (exact) mass is 351 g/mol. The Balaban J connectivity index is 2.34. The lowest BCUT2D eigenvalue weighted by Gasteiger charge is -2.35. The van der Waals surface area contributed by atoms with Crippen LogP contribution >= 0.6 is 0 Å². The highest BCUT2D eigenvalue weighted by Crippen LogP contribution is 2.37. The van der Waals surface area contributed by atoms with Crippen LogP contribution in [-0.4, -0.2) is 6.54 Å². The van der Waals surface area contributed by atoms with E-state index in [9.17, 15) is 13.2 Å². The highest BCUT2D eigenvalue weighted by Gasteiger charge is 2.34. The molecule has 2 aromatic carbocycles. The van der Waals surface area contributed by atoms with Gasteiger partial charge in [-0.1, -0.05) is 43.7 Å². The first-order valence-corrected chi connectivity index (χ1v) is 8.53. The van der Waals surface area contributed by atoms with Crippen molar-refractivity contribution in [1.82, 2.24) is 0 Å². The van der Waals surface area contributed by atoms with Crippen molar-refractivity contribution in [2.45, 2.75) is 44.4 Å². The first-order valence-electron chi connectivity index (χ1n) is 8.53. The Hall–Kier alpha value is -2.01. The minimum absolute atomic E-state index is 0.418. The molecule has 0 amide bonds. The average molecular weight is 351 g/mol. The quantitative estimate of drug-likeness (QED) is 0.680. The molecule has 0 fully saturated rings. The minimum Gasteiger partial charge on any atom is -0.483 e. The summed E-state index contributed by atoms with van der Waals surface area (Å²) < 4.78 is 44.5. The van der Waals surface area contributed by atoms with Gasteiger partial charge in [0.15, 0.2) is 0 Å². The van der Waals surface area contributed by atoms with E-state index in [0.29, 0.717) is 18.7 Å². The van der Waals surface area contributed by atoms with Gasteiger partial charge in [0.2, 0.25) is 0 Å². The number of benzene rings is 2. The smallest absolute Gasteiger partial charge is 0.416 e. The van der Waals surface area contributed by atoms with Gasteiger partial charge in [-0.2, -0.15) is 13.2 Å². The molecule has 0 aliphatic rings. The minimum atomic E-state index is -4.35. The summed E-state index contributed by atoms with van der Waals surface area (Å²) in [5, 5.41) is 0. The molecule has 1 atom stereocenters. The van der Waals surface area contributed by atoms with Gasteiger partial charge in [-0.15, -0.1) is 0 Å². The number of hydrogen-bond acceptors (Lipinski definition) is 2. The number of rotatable bonds is 8. The maximum Gasteiger partial charge on any atom is 0.416 e. The topological polar surface area (TPSA) is 35.2 Å². The first kappa shape index (κ1) is 19.3. The van der Waals surface area contributed by atoms with Gasteiger partial charge in [-0.25, -0.2) is 0 Å². The van der Waals surface area contributed by atoms with Crippen LogP contribution < -0.4 is 10.5 Å². The number of ether oxygens (including phenoxy) is 1. The van der Waals surface area contributed by atoms with Crippen molar-refractivity contribution in [3.8, 4) is 5.75 Å². The molecule has 0 aromatic heterocycles. The Morgan fingerprint density at radius 3 is 2.04 bits per heavy atom. The van der Waals surface area contributed by atoms with E-state index in [1.54, 1.807) is 0 Å². The van der Waals surface area contributed by atoms with E-state index in [0.717, 1.165) is 37.0 Å². The fraction of sp³-hybridized carbons (Fsp3) is 0.400. The zero-order chi connectivity index (χ0) is 18.3. The lowest BCUT2D eigenvalue weighted by Crippen LogP contribution is -2.35. The molecule has 2 N–H and O–H groups in total. The molecular formula is C20H24F3NO. The maximum absolute atomic E-state index is 12.8. The normalized spacial score (nSPS) is 14.1. The van der Waals surface area contributed by atoms with Crippen LogP contribution in [0.2, 0.25) is 0 Å². The van der Waals surface area contributed by atoms with Crippen LogP contribution in [0.4, 0.5) is 13.2 Å². The predicted octanol–water partition coefficient (Wildman–Crippen LogP) is 5.52. The molecule has 0 aliphatic heterocycles. The van der Waals surface area contributed by atoms with Crippen molar-refractivity contribution in [3.05, 3.63) is 65.7 Å². The molecule has 5 heteroatoms. The van der Waals surface area contributed by atoms with E-state index >= 15 is 0 Å². The van der Waals surface area contributed by atoms with Crippen LogP contribution in [0.15, 0.2) is 54.6 Å². The molecule has 0 radical (unpaired) electrons. The molecule has 25 heavy (non-hydrogen) atoms. The molecule has 0 aliphatic carbocycles. The van der Waals surface area contributed by atoms with E-state index in [4.69, 9.17) is 10.5 Å². The Bertz CT molecular complexity index is 640. The molecule has 0 saturated heterocycles. The van der Waals surface area contributed by atoms with Crippen molar-refractivity contribution in [3.63, 3.8) is 0 Å². The van der Waals surface area contributed by atoms with Crippen LogP contribution in [0.25, 0.3) is 0 Å².